The third kappa shape index (κ3) is 2.58. The largest absolute Gasteiger partial charge is 0.389 e. The summed E-state index contributed by atoms with van der Waals surface area (Å²) in [6, 6.07) is 10.3. The molecule has 19 heavy (non-hydrogen) atoms. The number of aromatic nitrogens is 1. The normalized spacial score (nSPS) is 13.1. The summed E-state index contributed by atoms with van der Waals surface area (Å²) < 4.78 is 0. The van der Waals surface area contributed by atoms with Gasteiger partial charge in [-0.1, -0.05) is 18.3 Å². The predicted octanol–water partition coefficient (Wildman–Crippen LogP) is 2.95. The Kier molecular flexibility index (Phi) is 3.17. The van der Waals surface area contributed by atoms with Crippen molar-refractivity contribution in [1.29, 1.82) is 0 Å². The number of hydrogen-bond acceptors (Lipinski definition) is 3. The Hall–Kier alpha value is -1.94. The number of hydrogen-bond donors (Lipinski definition) is 2. The van der Waals surface area contributed by atoms with Gasteiger partial charge in [0.25, 0.3) is 0 Å². The van der Waals surface area contributed by atoms with Crippen molar-refractivity contribution in [2.45, 2.75) is 19.3 Å². The molecular formula is C15H15N3S. The zero-order valence-corrected chi connectivity index (χ0v) is 11.3. The minimum absolute atomic E-state index is 0.372. The quantitative estimate of drug-likeness (QED) is 0.841. The SMILES string of the molecule is NC(=S)c1ccc(Nc2ccc3c(c2)CCC3)nc1. The van der Waals surface area contributed by atoms with E-state index in [9.17, 15) is 0 Å². The third-order valence-electron chi connectivity index (χ3n) is 3.42. The zero-order chi connectivity index (χ0) is 13.2. The number of nitrogens with zero attached hydrogens (tertiary/aromatic N) is 1. The van der Waals surface area contributed by atoms with Crippen molar-refractivity contribution in [2.75, 3.05) is 5.32 Å². The molecule has 4 heteroatoms. The first kappa shape index (κ1) is 12.1. The second-order valence-electron chi connectivity index (χ2n) is 4.76. The van der Waals surface area contributed by atoms with Crippen LogP contribution in [0.5, 0.6) is 0 Å². The molecule has 1 aromatic heterocycles. The molecule has 96 valence electrons. The van der Waals surface area contributed by atoms with E-state index < -0.39 is 0 Å². The lowest BCUT2D eigenvalue weighted by atomic mass is 10.1. The van der Waals surface area contributed by atoms with E-state index in [0.717, 1.165) is 17.1 Å². The van der Waals surface area contributed by atoms with Crippen LogP contribution in [0.15, 0.2) is 36.5 Å². The molecule has 1 heterocycles. The second kappa shape index (κ2) is 4.97. The summed E-state index contributed by atoms with van der Waals surface area (Å²) in [6.45, 7) is 0. The molecule has 1 aliphatic carbocycles. The number of aryl methyl sites for hydroxylation is 2. The van der Waals surface area contributed by atoms with Gasteiger partial charge in [0, 0.05) is 17.4 Å². The summed E-state index contributed by atoms with van der Waals surface area (Å²) >= 11 is 4.91. The van der Waals surface area contributed by atoms with Gasteiger partial charge in [0.2, 0.25) is 0 Å². The van der Waals surface area contributed by atoms with E-state index in [1.165, 1.54) is 30.4 Å². The van der Waals surface area contributed by atoms with Crippen LogP contribution < -0.4 is 11.1 Å². The van der Waals surface area contributed by atoms with Gasteiger partial charge in [0.15, 0.2) is 0 Å². The molecule has 3 rings (SSSR count). The molecule has 0 bridgehead atoms. The van der Waals surface area contributed by atoms with Crippen LogP contribution in [-0.4, -0.2) is 9.97 Å². The van der Waals surface area contributed by atoms with Crippen molar-refractivity contribution in [2.24, 2.45) is 5.73 Å². The smallest absolute Gasteiger partial charge is 0.130 e. The molecule has 0 amide bonds. The molecule has 1 aliphatic rings. The highest BCUT2D eigenvalue weighted by molar-refractivity contribution is 7.80. The zero-order valence-electron chi connectivity index (χ0n) is 10.5. The van der Waals surface area contributed by atoms with Crippen LogP contribution in [0.4, 0.5) is 11.5 Å². The lowest BCUT2D eigenvalue weighted by Gasteiger charge is -2.08. The molecule has 0 unspecified atom stereocenters. The molecule has 0 aliphatic heterocycles. The third-order valence-corrected chi connectivity index (χ3v) is 3.65. The number of fused-ring (bicyclic) bond motifs is 1. The summed E-state index contributed by atoms with van der Waals surface area (Å²) in [7, 11) is 0. The van der Waals surface area contributed by atoms with Gasteiger partial charge in [-0.05, 0) is 54.7 Å². The molecule has 0 radical (unpaired) electrons. The van der Waals surface area contributed by atoms with Crippen molar-refractivity contribution in [1.82, 2.24) is 4.98 Å². The summed E-state index contributed by atoms with van der Waals surface area (Å²) in [5, 5.41) is 3.30. The standard InChI is InChI=1S/C15H15N3S/c16-15(19)12-5-7-14(17-9-12)18-13-6-4-10-2-1-3-11(10)8-13/h4-9H,1-3H2,(H2,16,19)(H,17,18). The summed E-state index contributed by atoms with van der Waals surface area (Å²) in [4.78, 5) is 4.68. The highest BCUT2D eigenvalue weighted by atomic mass is 32.1. The number of anilines is 2. The minimum Gasteiger partial charge on any atom is -0.389 e. The Balaban J connectivity index is 1.79. The molecule has 3 nitrogen and oxygen atoms in total. The number of pyridine rings is 1. The maximum absolute atomic E-state index is 5.55. The van der Waals surface area contributed by atoms with E-state index in [1.807, 2.05) is 12.1 Å². The van der Waals surface area contributed by atoms with Crippen LogP contribution in [0.3, 0.4) is 0 Å². The van der Waals surface area contributed by atoms with E-state index in [1.54, 1.807) is 6.20 Å². The fourth-order valence-electron chi connectivity index (χ4n) is 2.41. The number of benzene rings is 1. The first-order valence-corrected chi connectivity index (χ1v) is 6.78. The average Bonchev–Trinajstić information content (AvgIpc) is 2.87. The molecule has 3 N–H and O–H groups in total. The molecule has 0 saturated heterocycles. The number of nitrogens with one attached hydrogen (secondary N) is 1. The fourth-order valence-corrected chi connectivity index (χ4v) is 2.53. The van der Waals surface area contributed by atoms with Gasteiger partial charge in [-0.25, -0.2) is 4.98 Å². The van der Waals surface area contributed by atoms with E-state index in [2.05, 4.69) is 28.5 Å². The van der Waals surface area contributed by atoms with Gasteiger partial charge in [-0.3, -0.25) is 0 Å². The Morgan fingerprint density at radius 1 is 1.16 bits per heavy atom. The van der Waals surface area contributed by atoms with Gasteiger partial charge in [0.05, 0.1) is 0 Å². The molecule has 0 fully saturated rings. The highest BCUT2D eigenvalue weighted by Crippen LogP contribution is 2.26. The molecule has 0 atom stereocenters. The van der Waals surface area contributed by atoms with Crippen LogP contribution in [0.2, 0.25) is 0 Å². The molecule has 0 spiro atoms. The minimum atomic E-state index is 0.372. The summed E-state index contributed by atoms with van der Waals surface area (Å²) in [5.74, 6) is 0.804. The van der Waals surface area contributed by atoms with Crippen molar-refractivity contribution in [3.63, 3.8) is 0 Å². The lowest BCUT2D eigenvalue weighted by Crippen LogP contribution is -2.09. The Morgan fingerprint density at radius 2 is 2.00 bits per heavy atom. The fraction of sp³-hybridized carbons (Fsp3) is 0.200. The molecule has 0 saturated carbocycles. The lowest BCUT2D eigenvalue weighted by molar-refractivity contribution is 0.912. The molecule has 1 aromatic carbocycles. The first-order chi connectivity index (χ1) is 9.22. The van der Waals surface area contributed by atoms with Crippen molar-refractivity contribution >= 4 is 28.7 Å². The topological polar surface area (TPSA) is 50.9 Å². The summed E-state index contributed by atoms with van der Waals surface area (Å²) in [6.07, 6.45) is 5.34. The van der Waals surface area contributed by atoms with Crippen LogP contribution in [0, 0.1) is 0 Å². The monoisotopic (exact) mass is 269 g/mol. The van der Waals surface area contributed by atoms with E-state index in [0.29, 0.717) is 4.99 Å². The van der Waals surface area contributed by atoms with Crippen molar-refractivity contribution < 1.29 is 0 Å². The van der Waals surface area contributed by atoms with Crippen LogP contribution >= 0.6 is 12.2 Å². The van der Waals surface area contributed by atoms with Gasteiger partial charge in [-0.2, -0.15) is 0 Å². The van der Waals surface area contributed by atoms with Crippen LogP contribution in [-0.2, 0) is 12.8 Å². The van der Waals surface area contributed by atoms with Gasteiger partial charge < -0.3 is 11.1 Å². The highest BCUT2D eigenvalue weighted by Gasteiger charge is 2.10. The van der Waals surface area contributed by atoms with Crippen molar-refractivity contribution in [3.8, 4) is 0 Å². The van der Waals surface area contributed by atoms with Gasteiger partial charge in [0.1, 0.15) is 10.8 Å². The molecular weight excluding hydrogens is 254 g/mol. The van der Waals surface area contributed by atoms with Crippen LogP contribution in [0.1, 0.15) is 23.1 Å². The molecule has 2 aromatic rings. The van der Waals surface area contributed by atoms with E-state index in [-0.39, 0.29) is 0 Å². The Bertz CT molecular complexity index is 620. The number of thiocarbonyl (C=S) groups is 1. The maximum atomic E-state index is 5.55. The van der Waals surface area contributed by atoms with E-state index >= 15 is 0 Å². The van der Waals surface area contributed by atoms with Gasteiger partial charge in [-0.15, -0.1) is 0 Å². The van der Waals surface area contributed by atoms with Crippen molar-refractivity contribution in [3.05, 3.63) is 53.2 Å². The van der Waals surface area contributed by atoms with E-state index in [4.69, 9.17) is 18.0 Å². The summed E-state index contributed by atoms with van der Waals surface area (Å²) in [5.41, 5.74) is 10.3. The van der Waals surface area contributed by atoms with Crippen LogP contribution in [0.25, 0.3) is 0 Å². The predicted molar refractivity (Wildman–Crippen MR) is 81.9 cm³/mol. The number of rotatable bonds is 3. The maximum Gasteiger partial charge on any atom is 0.130 e. The average molecular weight is 269 g/mol. The second-order valence-corrected chi connectivity index (χ2v) is 5.20. The number of nitrogens with two attached hydrogens (primary N) is 1. The Morgan fingerprint density at radius 3 is 2.74 bits per heavy atom. The first-order valence-electron chi connectivity index (χ1n) is 6.37. The Labute approximate surface area is 117 Å². The van der Waals surface area contributed by atoms with Gasteiger partial charge >= 0.3 is 0 Å².